The van der Waals surface area contributed by atoms with Crippen molar-refractivity contribution in [2.45, 2.75) is 0 Å². The molecule has 0 aliphatic carbocycles. The Labute approximate surface area is 142 Å². The zero-order chi connectivity index (χ0) is 16.1. The Hall–Kier alpha value is -2.21. The molecule has 0 saturated heterocycles. The number of ether oxygens (including phenoxy) is 4. The molecule has 0 N–H and O–H groups in total. The molecule has 0 radical (unpaired) electrons. The van der Waals surface area contributed by atoms with Crippen molar-refractivity contribution in [3.05, 3.63) is 52.5 Å². The molecule has 1 aliphatic rings. The van der Waals surface area contributed by atoms with E-state index in [0.29, 0.717) is 30.3 Å². The number of hydrogen-bond acceptors (Lipinski definition) is 5. The highest BCUT2D eigenvalue weighted by molar-refractivity contribution is 9.10. The molecule has 1 heterocycles. The van der Waals surface area contributed by atoms with Crippen molar-refractivity contribution < 1.29 is 23.7 Å². The lowest BCUT2D eigenvalue weighted by Crippen LogP contribution is -2.16. The van der Waals surface area contributed by atoms with Gasteiger partial charge >= 0.3 is 5.97 Å². The molecule has 120 valence electrons. The van der Waals surface area contributed by atoms with Crippen molar-refractivity contribution in [2.24, 2.45) is 0 Å². The first-order valence-electron chi connectivity index (χ1n) is 7.17. The van der Waals surface area contributed by atoms with Crippen molar-refractivity contribution in [2.75, 3.05) is 26.4 Å². The molecule has 2 aromatic carbocycles. The third-order valence-corrected chi connectivity index (χ3v) is 3.65. The summed E-state index contributed by atoms with van der Waals surface area (Å²) < 4.78 is 22.5. The Morgan fingerprint density at radius 3 is 2.70 bits per heavy atom. The minimum atomic E-state index is -0.417. The van der Waals surface area contributed by atoms with Crippen LogP contribution in [0.4, 0.5) is 0 Å². The zero-order valence-electron chi connectivity index (χ0n) is 12.3. The predicted octanol–water partition coefficient (Wildman–Crippen LogP) is 3.46. The number of benzene rings is 2. The normalized spacial score (nSPS) is 12.6. The van der Waals surface area contributed by atoms with Gasteiger partial charge in [-0.2, -0.15) is 0 Å². The third kappa shape index (κ3) is 4.16. The van der Waals surface area contributed by atoms with Gasteiger partial charge in [0.15, 0.2) is 11.5 Å². The molecule has 6 heteroatoms. The predicted molar refractivity (Wildman–Crippen MR) is 87.4 cm³/mol. The lowest BCUT2D eigenvalue weighted by Gasteiger charge is -2.18. The number of fused-ring (bicyclic) bond motifs is 1. The molecule has 0 spiro atoms. The van der Waals surface area contributed by atoms with Crippen LogP contribution < -0.4 is 14.2 Å². The summed E-state index contributed by atoms with van der Waals surface area (Å²) in [4.78, 5) is 12.0. The molecule has 0 aromatic heterocycles. The fraction of sp³-hybridized carbons (Fsp3) is 0.235. The van der Waals surface area contributed by atoms with Gasteiger partial charge in [0, 0.05) is 4.47 Å². The molecular formula is C17H15BrO5. The van der Waals surface area contributed by atoms with E-state index in [1.807, 2.05) is 24.3 Å². The molecule has 1 aliphatic heterocycles. The average Bonchev–Trinajstić information content (AvgIpc) is 2.58. The van der Waals surface area contributed by atoms with Crippen molar-refractivity contribution in [3.63, 3.8) is 0 Å². The molecule has 0 amide bonds. The van der Waals surface area contributed by atoms with Crippen LogP contribution in [0.1, 0.15) is 10.4 Å². The Bertz CT molecular complexity index is 701. The van der Waals surface area contributed by atoms with E-state index in [9.17, 15) is 4.79 Å². The second-order valence-corrected chi connectivity index (χ2v) is 5.72. The second kappa shape index (κ2) is 7.37. The quantitative estimate of drug-likeness (QED) is 0.588. The molecule has 0 unspecified atom stereocenters. The van der Waals surface area contributed by atoms with Gasteiger partial charge in [0.1, 0.15) is 32.2 Å². The SMILES string of the molecule is O=C(OCCOc1cccc(Br)c1)c1ccc2c(c1)OCCO2. The average molecular weight is 379 g/mol. The highest BCUT2D eigenvalue weighted by atomic mass is 79.9. The summed E-state index contributed by atoms with van der Waals surface area (Å²) in [5, 5.41) is 0. The maximum Gasteiger partial charge on any atom is 0.338 e. The highest BCUT2D eigenvalue weighted by Crippen LogP contribution is 2.30. The van der Waals surface area contributed by atoms with E-state index >= 15 is 0 Å². The maximum absolute atomic E-state index is 12.0. The van der Waals surface area contributed by atoms with E-state index < -0.39 is 5.97 Å². The standard InChI is InChI=1S/C17H15BrO5/c18-13-2-1-3-14(11-13)20-6-9-23-17(19)12-4-5-15-16(10-12)22-8-7-21-15/h1-5,10-11H,6-9H2. The third-order valence-electron chi connectivity index (χ3n) is 3.16. The highest BCUT2D eigenvalue weighted by Gasteiger charge is 2.15. The summed E-state index contributed by atoms with van der Waals surface area (Å²) in [6.07, 6.45) is 0. The van der Waals surface area contributed by atoms with Gasteiger partial charge in [0.25, 0.3) is 0 Å². The van der Waals surface area contributed by atoms with Gasteiger partial charge in [-0.3, -0.25) is 0 Å². The second-order valence-electron chi connectivity index (χ2n) is 4.80. The lowest BCUT2D eigenvalue weighted by atomic mass is 10.2. The number of esters is 1. The van der Waals surface area contributed by atoms with Gasteiger partial charge in [-0.15, -0.1) is 0 Å². The largest absolute Gasteiger partial charge is 0.490 e. The number of halogens is 1. The van der Waals surface area contributed by atoms with Crippen LogP contribution in [0.2, 0.25) is 0 Å². The fourth-order valence-electron chi connectivity index (χ4n) is 2.10. The summed E-state index contributed by atoms with van der Waals surface area (Å²) in [5.74, 6) is 1.51. The molecule has 2 aromatic rings. The Balaban J connectivity index is 1.49. The lowest BCUT2D eigenvalue weighted by molar-refractivity contribution is 0.0449. The van der Waals surface area contributed by atoms with Crippen LogP contribution in [0.5, 0.6) is 17.2 Å². The summed E-state index contributed by atoms with van der Waals surface area (Å²) in [7, 11) is 0. The number of carbonyl (C=O) groups excluding carboxylic acids is 1. The van der Waals surface area contributed by atoms with Crippen molar-refractivity contribution >= 4 is 21.9 Å². The molecule has 0 bridgehead atoms. The van der Waals surface area contributed by atoms with E-state index in [1.54, 1.807) is 18.2 Å². The molecule has 0 fully saturated rings. The number of hydrogen-bond donors (Lipinski definition) is 0. The van der Waals surface area contributed by atoms with E-state index in [0.717, 1.165) is 10.2 Å². The number of carbonyl (C=O) groups is 1. The minimum absolute atomic E-state index is 0.166. The van der Waals surface area contributed by atoms with Crippen LogP contribution >= 0.6 is 15.9 Å². The van der Waals surface area contributed by atoms with Crippen LogP contribution in [-0.4, -0.2) is 32.4 Å². The van der Waals surface area contributed by atoms with Gasteiger partial charge in [0.05, 0.1) is 5.56 Å². The summed E-state index contributed by atoms with van der Waals surface area (Å²) >= 11 is 3.37. The van der Waals surface area contributed by atoms with Crippen molar-refractivity contribution in [3.8, 4) is 17.2 Å². The van der Waals surface area contributed by atoms with E-state index in [2.05, 4.69) is 15.9 Å². The van der Waals surface area contributed by atoms with Crippen LogP contribution in [0.3, 0.4) is 0 Å². The first kappa shape index (κ1) is 15.7. The Morgan fingerprint density at radius 1 is 1.04 bits per heavy atom. The molecule has 3 rings (SSSR count). The number of rotatable bonds is 5. The Morgan fingerprint density at radius 2 is 1.87 bits per heavy atom. The van der Waals surface area contributed by atoms with Gasteiger partial charge in [-0.05, 0) is 36.4 Å². The van der Waals surface area contributed by atoms with Gasteiger partial charge in [-0.25, -0.2) is 4.79 Å². The van der Waals surface area contributed by atoms with Crippen molar-refractivity contribution in [1.29, 1.82) is 0 Å². The zero-order valence-corrected chi connectivity index (χ0v) is 13.9. The monoisotopic (exact) mass is 378 g/mol. The van der Waals surface area contributed by atoms with Crippen LogP contribution in [-0.2, 0) is 4.74 Å². The summed E-state index contributed by atoms with van der Waals surface area (Å²) in [6.45, 7) is 1.45. The molecule has 23 heavy (non-hydrogen) atoms. The molecule has 5 nitrogen and oxygen atoms in total. The van der Waals surface area contributed by atoms with E-state index in [1.165, 1.54) is 0 Å². The van der Waals surface area contributed by atoms with Gasteiger partial charge < -0.3 is 18.9 Å². The van der Waals surface area contributed by atoms with Crippen LogP contribution in [0.15, 0.2) is 46.9 Å². The van der Waals surface area contributed by atoms with E-state index in [-0.39, 0.29) is 13.2 Å². The maximum atomic E-state index is 12.0. The smallest absolute Gasteiger partial charge is 0.338 e. The van der Waals surface area contributed by atoms with E-state index in [4.69, 9.17) is 18.9 Å². The minimum Gasteiger partial charge on any atom is -0.490 e. The van der Waals surface area contributed by atoms with Gasteiger partial charge in [0.2, 0.25) is 0 Å². The first-order valence-corrected chi connectivity index (χ1v) is 7.97. The van der Waals surface area contributed by atoms with Crippen molar-refractivity contribution in [1.82, 2.24) is 0 Å². The molecular weight excluding hydrogens is 364 g/mol. The fourth-order valence-corrected chi connectivity index (χ4v) is 2.48. The molecule has 0 atom stereocenters. The van der Waals surface area contributed by atoms with Gasteiger partial charge in [-0.1, -0.05) is 22.0 Å². The summed E-state index contributed by atoms with van der Waals surface area (Å²) in [5.41, 5.74) is 0.428. The molecule has 0 saturated carbocycles. The van der Waals surface area contributed by atoms with Crippen LogP contribution in [0, 0.1) is 0 Å². The van der Waals surface area contributed by atoms with Crippen LogP contribution in [0.25, 0.3) is 0 Å². The summed E-state index contributed by atoms with van der Waals surface area (Å²) in [6, 6.07) is 12.5. The Kier molecular flexibility index (Phi) is 5.02. The topological polar surface area (TPSA) is 54.0 Å². The first-order chi connectivity index (χ1) is 11.2.